The van der Waals surface area contributed by atoms with Crippen LogP contribution in [0.15, 0.2) is 11.4 Å². The molecule has 1 aliphatic heterocycles. The quantitative estimate of drug-likeness (QED) is 0.856. The summed E-state index contributed by atoms with van der Waals surface area (Å²) < 4.78 is 0. The number of nitrogens with zero attached hydrogens (tertiary/aromatic N) is 1. The van der Waals surface area contributed by atoms with E-state index in [9.17, 15) is 0 Å². The van der Waals surface area contributed by atoms with Crippen molar-refractivity contribution in [2.75, 3.05) is 13.2 Å². The average molecular weight is 291 g/mol. The lowest BCUT2D eigenvalue weighted by Gasteiger charge is -2.28. The van der Waals surface area contributed by atoms with Gasteiger partial charge in [-0.25, -0.2) is 0 Å². The molecule has 1 fully saturated rings. The first-order valence-corrected chi connectivity index (χ1v) is 8.62. The number of rotatable bonds is 4. The van der Waals surface area contributed by atoms with Crippen LogP contribution < -0.4 is 0 Å². The van der Waals surface area contributed by atoms with Crippen molar-refractivity contribution in [3.63, 3.8) is 0 Å². The molecule has 2 heterocycles. The van der Waals surface area contributed by atoms with E-state index in [1.54, 1.807) is 0 Å². The lowest BCUT2D eigenvalue weighted by Crippen LogP contribution is -2.33. The van der Waals surface area contributed by atoms with Gasteiger partial charge < -0.3 is 5.11 Å². The van der Waals surface area contributed by atoms with Crippen LogP contribution in [-0.4, -0.2) is 29.2 Å². The van der Waals surface area contributed by atoms with Gasteiger partial charge in [-0.15, -0.1) is 11.3 Å². The molecule has 0 aliphatic carbocycles. The van der Waals surface area contributed by atoms with E-state index in [-0.39, 0.29) is 6.61 Å². The topological polar surface area (TPSA) is 23.5 Å². The van der Waals surface area contributed by atoms with E-state index in [0.29, 0.717) is 6.42 Å². The number of hydrogen-bond acceptors (Lipinski definition) is 3. The van der Waals surface area contributed by atoms with Crippen LogP contribution in [-0.2, 0) is 6.54 Å². The van der Waals surface area contributed by atoms with Crippen molar-refractivity contribution < 1.29 is 5.11 Å². The highest BCUT2D eigenvalue weighted by molar-refractivity contribution is 7.10. The van der Waals surface area contributed by atoms with E-state index in [2.05, 4.69) is 35.1 Å². The lowest BCUT2D eigenvalue weighted by atomic mass is 10.1. The lowest BCUT2D eigenvalue weighted by molar-refractivity contribution is 0.188. The molecular weight excluding hydrogens is 266 g/mol. The third-order valence-corrected chi connectivity index (χ3v) is 4.87. The Morgan fingerprint density at radius 2 is 2.30 bits per heavy atom. The van der Waals surface area contributed by atoms with Crippen LogP contribution in [0.2, 0.25) is 0 Å². The van der Waals surface area contributed by atoms with Gasteiger partial charge in [-0.2, -0.15) is 0 Å². The molecule has 1 unspecified atom stereocenters. The highest BCUT2D eigenvalue weighted by Crippen LogP contribution is 2.23. The molecule has 0 spiro atoms. The maximum absolute atomic E-state index is 8.74. The van der Waals surface area contributed by atoms with Crippen LogP contribution >= 0.6 is 11.3 Å². The Hall–Kier alpha value is -0.820. The molecule has 20 heavy (non-hydrogen) atoms. The third-order valence-electron chi connectivity index (χ3n) is 3.95. The number of hydrogen-bond donors (Lipinski definition) is 1. The fraction of sp³-hybridized carbons (Fsp3) is 0.647. The molecule has 3 heteroatoms. The summed E-state index contributed by atoms with van der Waals surface area (Å²) in [4.78, 5) is 4.07. The fourth-order valence-corrected chi connectivity index (χ4v) is 3.70. The molecule has 0 bridgehead atoms. The number of likely N-dealkylation sites (tertiary alicyclic amines) is 1. The largest absolute Gasteiger partial charge is 0.395 e. The van der Waals surface area contributed by atoms with Crippen molar-refractivity contribution in [1.82, 2.24) is 4.90 Å². The molecule has 0 amide bonds. The standard InChI is InChI=1S/C17H25NOS/c1-2-16-9-4-3-6-10-18(16)13-17-12-15(14-20-17)8-5-7-11-19/h12,14,16,19H,2-4,6-7,9-11,13H2,1H3. The molecule has 2 rings (SSSR count). The van der Waals surface area contributed by atoms with Gasteiger partial charge in [0.1, 0.15) is 0 Å². The van der Waals surface area contributed by atoms with Gasteiger partial charge in [0.2, 0.25) is 0 Å². The summed E-state index contributed by atoms with van der Waals surface area (Å²) in [6, 6.07) is 2.97. The zero-order valence-electron chi connectivity index (χ0n) is 12.4. The number of aliphatic hydroxyl groups is 1. The van der Waals surface area contributed by atoms with Crippen molar-refractivity contribution in [1.29, 1.82) is 0 Å². The molecule has 1 N–H and O–H groups in total. The maximum Gasteiger partial charge on any atom is 0.0540 e. The smallest absolute Gasteiger partial charge is 0.0540 e. The zero-order valence-corrected chi connectivity index (χ0v) is 13.2. The van der Waals surface area contributed by atoms with E-state index in [0.717, 1.165) is 18.2 Å². The van der Waals surface area contributed by atoms with Crippen molar-refractivity contribution in [2.24, 2.45) is 0 Å². The van der Waals surface area contributed by atoms with Crippen LogP contribution in [0.3, 0.4) is 0 Å². The highest BCUT2D eigenvalue weighted by atomic mass is 32.1. The van der Waals surface area contributed by atoms with Crippen molar-refractivity contribution in [3.8, 4) is 11.8 Å². The van der Waals surface area contributed by atoms with Crippen LogP contribution in [0, 0.1) is 11.8 Å². The molecule has 1 aromatic heterocycles. The summed E-state index contributed by atoms with van der Waals surface area (Å²) >= 11 is 1.81. The molecule has 0 aromatic carbocycles. The Bertz CT molecular complexity index is 457. The first kappa shape index (κ1) is 15.6. The molecule has 2 nitrogen and oxygen atoms in total. The summed E-state index contributed by atoms with van der Waals surface area (Å²) in [6.45, 7) is 4.77. The van der Waals surface area contributed by atoms with Gasteiger partial charge in [0.25, 0.3) is 0 Å². The first-order valence-electron chi connectivity index (χ1n) is 7.74. The van der Waals surface area contributed by atoms with E-state index < -0.39 is 0 Å². The predicted molar refractivity (Wildman–Crippen MR) is 85.9 cm³/mol. The summed E-state index contributed by atoms with van der Waals surface area (Å²) in [5.41, 5.74) is 1.10. The SMILES string of the molecule is CCC1CCCCCN1Cc1cc(C#CCCO)cs1. The van der Waals surface area contributed by atoms with Crippen LogP contribution in [0.25, 0.3) is 0 Å². The molecular formula is C17H25NOS. The monoisotopic (exact) mass is 291 g/mol. The number of aliphatic hydroxyl groups excluding tert-OH is 1. The predicted octanol–water partition coefficient (Wildman–Crippen LogP) is 3.64. The highest BCUT2D eigenvalue weighted by Gasteiger charge is 2.19. The van der Waals surface area contributed by atoms with Crippen molar-refractivity contribution in [2.45, 2.75) is 58.0 Å². The van der Waals surface area contributed by atoms with Crippen molar-refractivity contribution >= 4 is 11.3 Å². The number of thiophene rings is 1. The Kier molecular flexibility index (Phi) is 6.59. The molecule has 1 aromatic rings. The minimum atomic E-state index is 0.149. The van der Waals surface area contributed by atoms with Gasteiger partial charge in [0.05, 0.1) is 6.61 Å². The first-order chi connectivity index (χ1) is 9.83. The fourth-order valence-electron chi connectivity index (χ4n) is 2.86. The Morgan fingerprint density at radius 3 is 3.10 bits per heavy atom. The van der Waals surface area contributed by atoms with E-state index >= 15 is 0 Å². The summed E-state index contributed by atoms with van der Waals surface area (Å²) in [6.07, 6.45) is 7.28. The summed E-state index contributed by atoms with van der Waals surface area (Å²) in [7, 11) is 0. The van der Waals surface area contributed by atoms with E-state index in [1.165, 1.54) is 43.5 Å². The van der Waals surface area contributed by atoms with Gasteiger partial charge in [-0.1, -0.05) is 31.6 Å². The summed E-state index contributed by atoms with van der Waals surface area (Å²) in [5, 5.41) is 10.9. The van der Waals surface area contributed by atoms with Gasteiger partial charge >= 0.3 is 0 Å². The van der Waals surface area contributed by atoms with Gasteiger partial charge in [-0.3, -0.25) is 4.90 Å². The molecule has 1 aliphatic rings. The second-order valence-electron chi connectivity index (χ2n) is 5.46. The van der Waals surface area contributed by atoms with Crippen LogP contribution in [0.1, 0.15) is 55.9 Å². The van der Waals surface area contributed by atoms with Gasteiger partial charge in [-0.05, 0) is 31.9 Å². The minimum absolute atomic E-state index is 0.149. The normalized spacial score (nSPS) is 20.2. The average Bonchev–Trinajstić information content (AvgIpc) is 2.77. The van der Waals surface area contributed by atoms with Gasteiger partial charge in [0, 0.05) is 34.8 Å². The molecule has 0 saturated carbocycles. The van der Waals surface area contributed by atoms with E-state index in [1.807, 2.05) is 11.3 Å². The third kappa shape index (κ3) is 4.63. The van der Waals surface area contributed by atoms with Crippen LogP contribution in [0.5, 0.6) is 0 Å². The Balaban J connectivity index is 1.96. The molecule has 110 valence electrons. The van der Waals surface area contributed by atoms with Gasteiger partial charge in [0.15, 0.2) is 0 Å². The molecule has 1 saturated heterocycles. The van der Waals surface area contributed by atoms with Crippen LogP contribution in [0.4, 0.5) is 0 Å². The maximum atomic E-state index is 8.74. The Morgan fingerprint density at radius 1 is 1.40 bits per heavy atom. The zero-order chi connectivity index (χ0) is 14.2. The Labute approximate surface area is 126 Å². The second-order valence-corrected chi connectivity index (χ2v) is 6.45. The minimum Gasteiger partial charge on any atom is -0.395 e. The second kappa shape index (κ2) is 8.46. The van der Waals surface area contributed by atoms with Crippen molar-refractivity contribution in [3.05, 3.63) is 21.9 Å². The molecule has 0 radical (unpaired) electrons. The van der Waals surface area contributed by atoms with E-state index in [4.69, 9.17) is 5.11 Å². The summed E-state index contributed by atoms with van der Waals surface area (Å²) in [5.74, 6) is 6.11. The molecule has 1 atom stereocenters.